The van der Waals surface area contributed by atoms with Gasteiger partial charge in [0.25, 0.3) is 0 Å². The largest absolute Gasteiger partial charge is 0.391 e. The summed E-state index contributed by atoms with van der Waals surface area (Å²) in [7, 11) is 0. The first-order valence-electron chi connectivity index (χ1n) is 8.94. The van der Waals surface area contributed by atoms with Crippen molar-refractivity contribution in [1.82, 2.24) is 15.5 Å². The molecule has 0 radical (unpaired) electrons. The molecule has 2 atom stereocenters. The monoisotopic (exact) mass is 421 g/mol. The fraction of sp³-hybridized carbons (Fsp3) is 0.556. The van der Waals surface area contributed by atoms with E-state index >= 15 is 0 Å². The van der Waals surface area contributed by atoms with Gasteiger partial charge in [-0.25, -0.2) is 9.18 Å². The zero-order chi connectivity index (χ0) is 20.6. The van der Waals surface area contributed by atoms with Gasteiger partial charge < -0.3 is 15.5 Å². The molecule has 1 heterocycles. The minimum atomic E-state index is -4.29. The molecule has 0 aromatic heterocycles. The average molecular weight is 422 g/mol. The summed E-state index contributed by atoms with van der Waals surface area (Å²) in [5, 5.41) is 5.20. The minimum absolute atomic E-state index is 0.139. The molecule has 5 nitrogen and oxygen atoms in total. The highest BCUT2D eigenvalue weighted by molar-refractivity contribution is 6.30. The maximum Gasteiger partial charge on any atom is 0.391 e. The Hall–Kier alpha value is -2.03. The molecule has 0 spiro atoms. The van der Waals surface area contributed by atoms with Crippen molar-refractivity contribution in [3.05, 3.63) is 34.6 Å². The van der Waals surface area contributed by atoms with E-state index in [0.717, 1.165) is 6.07 Å². The van der Waals surface area contributed by atoms with Crippen molar-refractivity contribution >= 4 is 23.5 Å². The van der Waals surface area contributed by atoms with E-state index in [1.165, 1.54) is 17.0 Å². The number of rotatable bonds is 3. The Morgan fingerprint density at radius 2 is 2.04 bits per heavy atom. The Balaban J connectivity index is 1.79. The van der Waals surface area contributed by atoms with Crippen molar-refractivity contribution in [3.63, 3.8) is 0 Å². The van der Waals surface area contributed by atoms with E-state index in [2.05, 4.69) is 10.6 Å². The second kappa shape index (κ2) is 7.77. The predicted molar refractivity (Wildman–Crippen MR) is 94.1 cm³/mol. The van der Waals surface area contributed by atoms with Crippen LogP contribution in [-0.4, -0.2) is 42.1 Å². The first-order chi connectivity index (χ1) is 13.1. The summed E-state index contributed by atoms with van der Waals surface area (Å²) in [5.74, 6) is -2.85. The lowest BCUT2D eigenvalue weighted by molar-refractivity contribution is -0.206. The highest BCUT2D eigenvalue weighted by Crippen LogP contribution is 2.49. The van der Waals surface area contributed by atoms with Gasteiger partial charge in [0.2, 0.25) is 5.91 Å². The summed E-state index contributed by atoms with van der Waals surface area (Å²) >= 11 is 5.82. The quantitative estimate of drug-likeness (QED) is 0.732. The molecule has 0 unspecified atom stereocenters. The third kappa shape index (κ3) is 4.19. The molecule has 3 rings (SSSR count). The van der Waals surface area contributed by atoms with Gasteiger partial charge >= 0.3 is 12.2 Å². The Labute approximate surface area is 164 Å². The Kier molecular flexibility index (Phi) is 5.74. The Morgan fingerprint density at radius 1 is 1.36 bits per heavy atom. The molecule has 1 aromatic carbocycles. The van der Waals surface area contributed by atoms with Gasteiger partial charge in [-0.05, 0) is 43.4 Å². The van der Waals surface area contributed by atoms with Crippen molar-refractivity contribution < 1.29 is 27.2 Å². The van der Waals surface area contributed by atoms with E-state index < -0.39 is 41.9 Å². The zero-order valence-corrected chi connectivity index (χ0v) is 15.8. The predicted octanol–water partition coefficient (Wildman–Crippen LogP) is 3.64. The maximum atomic E-state index is 13.5. The Bertz CT molecular complexity index is 768. The topological polar surface area (TPSA) is 61.4 Å². The number of halogens is 5. The average Bonchev–Trinajstić information content (AvgIpc) is 2.56. The van der Waals surface area contributed by atoms with Gasteiger partial charge in [-0.3, -0.25) is 4.79 Å². The molecule has 3 amide bonds. The summed E-state index contributed by atoms with van der Waals surface area (Å²) < 4.78 is 52.2. The van der Waals surface area contributed by atoms with Crippen LogP contribution in [0.5, 0.6) is 0 Å². The van der Waals surface area contributed by atoms with Crippen molar-refractivity contribution in [2.24, 2.45) is 11.8 Å². The number of piperazine rings is 1. The fourth-order valence-corrected chi connectivity index (χ4v) is 3.85. The number of carbonyl (C=O) groups excluding carboxylic acids is 2. The number of benzene rings is 1. The molecule has 1 saturated carbocycles. The zero-order valence-electron chi connectivity index (χ0n) is 15.0. The molecular formula is C18H20ClF4N3O2. The molecule has 154 valence electrons. The van der Waals surface area contributed by atoms with Gasteiger partial charge in [0.1, 0.15) is 11.9 Å². The summed E-state index contributed by atoms with van der Waals surface area (Å²) in [4.78, 5) is 25.8. The van der Waals surface area contributed by atoms with Gasteiger partial charge in [-0.1, -0.05) is 17.7 Å². The molecule has 2 N–H and O–H groups in total. The molecule has 0 bridgehead atoms. The number of urea groups is 1. The highest BCUT2D eigenvalue weighted by Gasteiger charge is 2.50. The van der Waals surface area contributed by atoms with E-state index in [1.54, 1.807) is 6.92 Å². The van der Waals surface area contributed by atoms with Gasteiger partial charge in [-0.15, -0.1) is 0 Å². The van der Waals surface area contributed by atoms with Crippen LogP contribution in [0.2, 0.25) is 5.02 Å². The molecule has 2 aliphatic rings. The number of hydrogen-bond acceptors (Lipinski definition) is 2. The lowest BCUT2D eigenvalue weighted by atomic mass is 9.69. The number of hydrogen-bond donors (Lipinski definition) is 2. The van der Waals surface area contributed by atoms with Gasteiger partial charge in [0.15, 0.2) is 0 Å². The number of nitrogens with one attached hydrogen (secondary N) is 2. The third-order valence-corrected chi connectivity index (χ3v) is 5.74. The lowest BCUT2D eigenvalue weighted by Gasteiger charge is -2.43. The van der Waals surface area contributed by atoms with Crippen molar-refractivity contribution in [2.75, 3.05) is 13.1 Å². The fourth-order valence-electron chi connectivity index (χ4n) is 3.66. The SMILES string of the molecule is C[C@@H]1C(=O)NCCN1C(=O)N[C@@H](c1ccc(F)c(Cl)c1)[C@H]1C[C@H](C(F)(F)F)C1. The molecular weight excluding hydrogens is 402 g/mol. The smallest absolute Gasteiger partial charge is 0.353 e. The van der Waals surface area contributed by atoms with Gasteiger partial charge in [0, 0.05) is 13.1 Å². The number of carbonyl (C=O) groups is 2. The standard InChI is InChI=1S/C18H20ClF4N3O2/c1-9-16(27)24-4-5-26(9)17(28)25-15(10-2-3-14(20)13(19)8-10)11-6-12(7-11)18(21,22)23/h2-3,8-9,11-12,15H,4-7H2,1H3,(H,24,27)(H,25,28)/t9-,11-,12-,15+/m1/s1. The van der Waals surface area contributed by atoms with E-state index in [1.807, 2.05) is 0 Å². The van der Waals surface area contributed by atoms with Crippen LogP contribution in [-0.2, 0) is 4.79 Å². The van der Waals surface area contributed by atoms with Crippen LogP contribution in [0.4, 0.5) is 22.4 Å². The van der Waals surface area contributed by atoms with Crippen molar-refractivity contribution in [1.29, 1.82) is 0 Å². The maximum absolute atomic E-state index is 13.5. The number of nitrogens with zero attached hydrogens (tertiary/aromatic N) is 1. The number of alkyl halides is 3. The second-order valence-electron chi connectivity index (χ2n) is 7.23. The van der Waals surface area contributed by atoms with Crippen LogP contribution in [0.1, 0.15) is 31.4 Å². The normalized spacial score (nSPS) is 26.3. The molecule has 1 saturated heterocycles. The van der Waals surface area contributed by atoms with Gasteiger partial charge in [0.05, 0.1) is 17.0 Å². The number of amides is 3. The van der Waals surface area contributed by atoms with Crippen molar-refractivity contribution in [3.8, 4) is 0 Å². The third-order valence-electron chi connectivity index (χ3n) is 5.45. The molecule has 1 aliphatic carbocycles. The van der Waals surface area contributed by atoms with Crippen LogP contribution >= 0.6 is 11.6 Å². The van der Waals surface area contributed by atoms with E-state index in [-0.39, 0.29) is 30.3 Å². The van der Waals surface area contributed by atoms with Crippen molar-refractivity contribution in [2.45, 2.75) is 38.0 Å². The Morgan fingerprint density at radius 3 is 2.64 bits per heavy atom. The van der Waals surface area contributed by atoms with Crippen LogP contribution < -0.4 is 10.6 Å². The summed E-state index contributed by atoms with van der Waals surface area (Å²) in [5.41, 5.74) is 0.430. The minimum Gasteiger partial charge on any atom is -0.353 e. The van der Waals surface area contributed by atoms with Crippen LogP contribution in [0.3, 0.4) is 0 Å². The molecule has 28 heavy (non-hydrogen) atoms. The molecule has 2 fully saturated rings. The molecule has 1 aromatic rings. The van der Waals surface area contributed by atoms with E-state index in [4.69, 9.17) is 11.6 Å². The van der Waals surface area contributed by atoms with Crippen LogP contribution in [0.25, 0.3) is 0 Å². The van der Waals surface area contributed by atoms with Crippen LogP contribution in [0.15, 0.2) is 18.2 Å². The summed E-state index contributed by atoms with van der Waals surface area (Å²) in [6.07, 6.45) is -4.57. The van der Waals surface area contributed by atoms with Gasteiger partial charge in [-0.2, -0.15) is 13.2 Å². The van der Waals surface area contributed by atoms with E-state index in [9.17, 15) is 27.2 Å². The first-order valence-corrected chi connectivity index (χ1v) is 9.32. The van der Waals surface area contributed by atoms with E-state index in [0.29, 0.717) is 12.1 Å². The summed E-state index contributed by atoms with van der Waals surface area (Å²) in [6, 6.07) is 1.82. The first kappa shape index (κ1) is 20.7. The molecule has 10 heteroatoms. The summed E-state index contributed by atoms with van der Waals surface area (Å²) in [6.45, 7) is 2.15. The highest BCUT2D eigenvalue weighted by atomic mass is 35.5. The molecule has 1 aliphatic heterocycles. The second-order valence-corrected chi connectivity index (χ2v) is 7.64. The van der Waals surface area contributed by atoms with Crippen LogP contribution in [0, 0.1) is 17.7 Å². The lowest BCUT2D eigenvalue weighted by Crippen LogP contribution is -2.59.